The Morgan fingerprint density at radius 1 is 1.21 bits per heavy atom. The minimum Gasteiger partial charge on any atom is -0.361 e. The molecule has 0 aromatic heterocycles. The Hall–Kier alpha value is -1.10. The van der Waals surface area contributed by atoms with Crippen LogP contribution in [0, 0.1) is 0 Å². The molecule has 5 heteroatoms. The summed E-state index contributed by atoms with van der Waals surface area (Å²) in [6.07, 6.45) is 2.23. The lowest BCUT2D eigenvalue weighted by Crippen LogP contribution is -2.55. The van der Waals surface area contributed by atoms with Crippen LogP contribution in [0.15, 0.2) is 0 Å². The van der Waals surface area contributed by atoms with Gasteiger partial charge in [-0.05, 0) is 19.9 Å². The molecule has 2 rings (SSSR count). The molecular weight excluding hydrogens is 182 g/mol. The smallest absolute Gasteiger partial charge is 0.311 e. The van der Waals surface area contributed by atoms with E-state index in [1.165, 1.54) is 0 Å². The lowest BCUT2D eigenvalue weighted by Gasteiger charge is -2.38. The summed E-state index contributed by atoms with van der Waals surface area (Å²) in [5, 5.41) is 0. The summed E-state index contributed by atoms with van der Waals surface area (Å²) < 4.78 is 0. The van der Waals surface area contributed by atoms with Crippen molar-refractivity contribution in [1.82, 2.24) is 9.80 Å². The summed E-state index contributed by atoms with van der Waals surface area (Å²) in [4.78, 5) is 26.0. The molecule has 2 aliphatic heterocycles. The number of nitrogens with zero attached hydrogens (tertiary/aromatic N) is 2. The number of carbonyl (C=O) groups is 2. The molecule has 0 aromatic carbocycles. The van der Waals surface area contributed by atoms with Gasteiger partial charge >= 0.3 is 11.8 Å². The lowest BCUT2D eigenvalue weighted by molar-refractivity contribution is -0.146. The van der Waals surface area contributed by atoms with Crippen molar-refractivity contribution in [3.8, 4) is 0 Å². The highest BCUT2D eigenvalue weighted by atomic mass is 16.2. The van der Waals surface area contributed by atoms with E-state index in [0.29, 0.717) is 25.2 Å². The Balaban J connectivity index is 2.06. The van der Waals surface area contributed by atoms with Crippen molar-refractivity contribution in [2.75, 3.05) is 20.1 Å². The van der Waals surface area contributed by atoms with Crippen LogP contribution in [-0.4, -0.2) is 53.8 Å². The first-order chi connectivity index (χ1) is 6.59. The van der Waals surface area contributed by atoms with Gasteiger partial charge in [0.15, 0.2) is 0 Å². The van der Waals surface area contributed by atoms with E-state index >= 15 is 0 Å². The first kappa shape index (κ1) is 9.45. The minimum absolute atomic E-state index is 0.414. The quantitative estimate of drug-likeness (QED) is 0.495. The molecule has 5 nitrogen and oxygen atoms in total. The highest BCUT2D eigenvalue weighted by molar-refractivity contribution is 6.34. The molecule has 0 aliphatic carbocycles. The average Bonchev–Trinajstić information content (AvgIpc) is 2.42. The topological polar surface area (TPSA) is 66.6 Å². The lowest BCUT2D eigenvalue weighted by atomic mass is 10.2. The minimum atomic E-state index is -0.839. The molecule has 14 heavy (non-hydrogen) atoms. The fourth-order valence-electron chi connectivity index (χ4n) is 2.44. The van der Waals surface area contributed by atoms with Crippen LogP contribution >= 0.6 is 0 Å². The van der Waals surface area contributed by atoms with Gasteiger partial charge in [-0.2, -0.15) is 0 Å². The predicted molar refractivity (Wildman–Crippen MR) is 50.3 cm³/mol. The number of primary amides is 1. The van der Waals surface area contributed by atoms with Crippen LogP contribution in [0.2, 0.25) is 0 Å². The Bertz CT molecular complexity index is 265. The Morgan fingerprint density at radius 2 is 1.71 bits per heavy atom. The zero-order valence-electron chi connectivity index (χ0n) is 8.27. The number of hydrogen-bond donors (Lipinski definition) is 1. The SMILES string of the molecule is CN1C2CCC1CN(C(=O)C(N)=O)C2. The molecule has 2 bridgehead atoms. The van der Waals surface area contributed by atoms with Gasteiger partial charge in [0.25, 0.3) is 0 Å². The molecule has 2 heterocycles. The van der Waals surface area contributed by atoms with Gasteiger partial charge in [0.1, 0.15) is 0 Å². The second-order valence-electron chi connectivity index (χ2n) is 4.12. The number of fused-ring (bicyclic) bond motifs is 2. The Morgan fingerprint density at radius 3 is 2.14 bits per heavy atom. The molecule has 2 aliphatic rings. The van der Waals surface area contributed by atoms with E-state index in [4.69, 9.17) is 5.73 Å². The number of rotatable bonds is 0. The second kappa shape index (κ2) is 3.24. The molecule has 2 unspecified atom stereocenters. The highest BCUT2D eigenvalue weighted by Crippen LogP contribution is 2.28. The van der Waals surface area contributed by atoms with Crippen LogP contribution in [0.3, 0.4) is 0 Å². The molecule has 0 saturated carbocycles. The number of hydrogen-bond acceptors (Lipinski definition) is 3. The van der Waals surface area contributed by atoms with Gasteiger partial charge in [0, 0.05) is 25.2 Å². The summed E-state index contributed by atoms with van der Waals surface area (Å²) in [7, 11) is 2.08. The second-order valence-corrected chi connectivity index (χ2v) is 4.12. The maximum Gasteiger partial charge on any atom is 0.311 e. The molecule has 2 saturated heterocycles. The van der Waals surface area contributed by atoms with Crippen LogP contribution in [-0.2, 0) is 9.59 Å². The molecule has 2 fully saturated rings. The standard InChI is InChI=1S/C9H15N3O2/c1-11-6-2-3-7(11)5-12(4-6)9(14)8(10)13/h6-7H,2-5H2,1H3,(H2,10,13). The van der Waals surface area contributed by atoms with Gasteiger partial charge in [0.2, 0.25) is 0 Å². The van der Waals surface area contributed by atoms with Gasteiger partial charge < -0.3 is 10.6 Å². The molecule has 0 spiro atoms. The van der Waals surface area contributed by atoms with Crippen LogP contribution < -0.4 is 5.73 Å². The van der Waals surface area contributed by atoms with E-state index in [2.05, 4.69) is 11.9 Å². The van der Waals surface area contributed by atoms with E-state index in [1.807, 2.05) is 0 Å². The summed E-state index contributed by atoms with van der Waals surface area (Å²) in [5.74, 6) is -1.37. The fourth-order valence-corrected chi connectivity index (χ4v) is 2.44. The third kappa shape index (κ3) is 1.37. The molecular formula is C9H15N3O2. The third-order valence-electron chi connectivity index (χ3n) is 3.35. The summed E-state index contributed by atoms with van der Waals surface area (Å²) in [6.45, 7) is 1.30. The average molecular weight is 197 g/mol. The Labute approximate surface area is 82.8 Å². The van der Waals surface area contributed by atoms with Gasteiger partial charge in [0.05, 0.1) is 0 Å². The van der Waals surface area contributed by atoms with Crippen LogP contribution in [0.1, 0.15) is 12.8 Å². The molecule has 2 amide bonds. The zero-order chi connectivity index (χ0) is 10.3. The van der Waals surface area contributed by atoms with E-state index in [-0.39, 0.29) is 0 Å². The maximum atomic E-state index is 11.4. The molecule has 0 aromatic rings. The van der Waals surface area contributed by atoms with Crippen molar-refractivity contribution in [3.05, 3.63) is 0 Å². The van der Waals surface area contributed by atoms with Crippen LogP contribution in [0.25, 0.3) is 0 Å². The summed E-state index contributed by atoms with van der Waals surface area (Å²) in [6, 6.07) is 0.828. The predicted octanol–water partition coefficient (Wildman–Crippen LogP) is -1.22. The van der Waals surface area contributed by atoms with E-state index < -0.39 is 11.8 Å². The monoisotopic (exact) mass is 197 g/mol. The molecule has 78 valence electrons. The zero-order valence-corrected chi connectivity index (χ0v) is 8.27. The van der Waals surface area contributed by atoms with Crippen LogP contribution in [0.5, 0.6) is 0 Å². The number of piperazine rings is 1. The number of likely N-dealkylation sites (N-methyl/N-ethyl adjacent to an activating group) is 1. The maximum absolute atomic E-state index is 11.4. The first-order valence-corrected chi connectivity index (χ1v) is 4.90. The van der Waals surface area contributed by atoms with Crippen molar-refractivity contribution >= 4 is 11.8 Å². The van der Waals surface area contributed by atoms with Gasteiger partial charge in [-0.25, -0.2) is 0 Å². The van der Waals surface area contributed by atoms with Crippen molar-refractivity contribution in [1.29, 1.82) is 0 Å². The van der Waals surface area contributed by atoms with Crippen molar-refractivity contribution < 1.29 is 9.59 Å². The molecule has 2 atom stereocenters. The normalized spacial score (nSPS) is 31.9. The van der Waals surface area contributed by atoms with Crippen molar-refractivity contribution in [2.24, 2.45) is 5.73 Å². The number of carbonyl (C=O) groups excluding carboxylic acids is 2. The van der Waals surface area contributed by atoms with Crippen LogP contribution in [0.4, 0.5) is 0 Å². The van der Waals surface area contributed by atoms with E-state index in [0.717, 1.165) is 12.8 Å². The summed E-state index contributed by atoms with van der Waals surface area (Å²) >= 11 is 0. The number of amides is 2. The van der Waals surface area contributed by atoms with E-state index in [9.17, 15) is 9.59 Å². The van der Waals surface area contributed by atoms with Crippen molar-refractivity contribution in [2.45, 2.75) is 24.9 Å². The fraction of sp³-hybridized carbons (Fsp3) is 0.778. The Kier molecular flexibility index (Phi) is 2.19. The number of nitrogens with two attached hydrogens (primary N) is 1. The molecule has 0 radical (unpaired) electrons. The highest BCUT2D eigenvalue weighted by Gasteiger charge is 2.39. The largest absolute Gasteiger partial charge is 0.361 e. The van der Waals surface area contributed by atoms with Gasteiger partial charge in [-0.1, -0.05) is 0 Å². The van der Waals surface area contributed by atoms with Gasteiger partial charge in [-0.3, -0.25) is 14.5 Å². The first-order valence-electron chi connectivity index (χ1n) is 4.90. The summed E-state index contributed by atoms with van der Waals surface area (Å²) in [5.41, 5.74) is 4.97. The third-order valence-corrected chi connectivity index (χ3v) is 3.35. The van der Waals surface area contributed by atoms with Gasteiger partial charge in [-0.15, -0.1) is 0 Å². The van der Waals surface area contributed by atoms with E-state index in [1.54, 1.807) is 4.90 Å². The van der Waals surface area contributed by atoms with Crippen molar-refractivity contribution in [3.63, 3.8) is 0 Å². The molecule has 2 N–H and O–H groups in total. The number of likely N-dealkylation sites (tertiary alicyclic amines) is 1.